The molecule has 2 aliphatic heterocycles. The minimum absolute atomic E-state index is 0.182. The number of benzene rings is 2. The van der Waals surface area contributed by atoms with E-state index in [0.717, 1.165) is 21.2 Å². The number of aliphatic hydroxyl groups is 1. The smallest absolute Gasteiger partial charge is 0.184 e. The number of fused-ring (bicyclic) bond motifs is 1. The standard InChI is InChI=1S/C25H24BrNO5/c26-19-11-12-27-14-18(19)13-20-22-23(32-24(29-20)16-7-3-1-4-8-16)21(15-28)30-25(31-22)17-9-5-2-6-10-17/h1-12,14,20-25,28H,13,15H2/t20-,21-,22+,23-,24?,25?/m1/s1. The highest BCUT2D eigenvalue weighted by Crippen LogP contribution is 2.41. The van der Waals surface area contributed by atoms with E-state index in [4.69, 9.17) is 18.9 Å². The van der Waals surface area contributed by atoms with Gasteiger partial charge in [-0.25, -0.2) is 0 Å². The highest BCUT2D eigenvalue weighted by molar-refractivity contribution is 9.10. The van der Waals surface area contributed by atoms with Crippen molar-refractivity contribution in [2.24, 2.45) is 0 Å². The Kier molecular flexibility index (Phi) is 6.64. The number of rotatable bonds is 5. The number of nitrogens with zero attached hydrogens (tertiary/aromatic N) is 1. The molecule has 1 N–H and O–H groups in total. The van der Waals surface area contributed by atoms with E-state index in [9.17, 15) is 5.11 Å². The lowest BCUT2D eigenvalue weighted by molar-refractivity contribution is -0.384. The van der Waals surface area contributed by atoms with Crippen LogP contribution < -0.4 is 0 Å². The Labute approximate surface area is 195 Å². The number of halogens is 1. The zero-order valence-corrected chi connectivity index (χ0v) is 18.9. The summed E-state index contributed by atoms with van der Waals surface area (Å²) < 4.78 is 26.2. The third-order valence-electron chi connectivity index (χ3n) is 5.80. The fraction of sp³-hybridized carbons (Fsp3) is 0.320. The fourth-order valence-electron chi connectivity index (χ4n) is 4.20. The molecule has 32 heavy (non-hydrogen) atoms. The van der Waals surface area contributed by atoms with Crippen molar-refractivity contribution in [3.8, 4) is 0 Å². The van der Waals surface area contributed by atoms with Gasteiger partial charge in [-0.15, -0.1) is 0 Å². The summed E-state index contributed by atoms with van der Waals surface area (Å²) in [5, 5.41) is 10.2. The van der Waals surface area contributed by atoms with Gasteiger partial charge in [0, 0.05) is 34.4 Å². The number of hydrogen-bond acceptors (Lipinski definition) is 6. The van der Waals surface area contributed by atoms with E-state index in [0.29, 0.717) is 6.42 Å². The van der Waals surface area contributed by atoms with Crippen molar-refractivity contribution in [1.29, 1.82) is 0 Å². The largest absolute Gasteiger partial charge is 0.394 e. The number of aromatic nitrogens is 1. The van der Waals surface area contributed by atoms with Gasteiger partial charge < -0.3 is 24.1 Å². The first kappa shape index (κ1) is 21.7. The van der Waals surface area contributed by atoms with Gasteiger partial charge in [0.05, 0.1) is 12.7 Å². The molecule has 7 heteroatoms. The molecule has 166 valence electrons. The van der Waals surface area contributed by atoms with E-state index in [1.54, 1.807) is 6.20 Å². The van der Waals surface area contributed by atoms with Gasteiger partial charge in [0.25, 0.3) is 0 Å². The molecule has 6 atom stereocenters. The van der Waals surface area contributed by atoms with E-state index in [1.807, 2.05) is 72.9 Å². The minimum atomic E-state index is -0.616. The normalized spacial score (nSPS) is 29.9. The first-order chi connectivity index (χ1) is 15.7. The molecular formula is C25H24BrNO5. The molecule has 0 aliphatic carbocycles. The Morgan fingerprint density at radius 1 is 0.750 bits per heavy atom. The summed E-state index contributed by atoms with van der Waals surface area (Å²) in [5.74, 6) is 0. The van der Waals surface area contributed by atoms with Crippen molar-refractivity contribution in [2.45, 2.75) is 43.4 Å². The van der Waals surface area contributed by atoms with E-state index in [2.05, 4.69) is 20.9 Å². The van der Waals surface area contributed by atoms with Gasteiger partial charge in [-0.1, -0.05) is 76.6 Å². The van der Waals surface area contributed by atoms with Crippen molar-refractivity contribution < 1.29 is 24.1 Å². The Morgan fingerprint density at radius 3 is 1.88 bits per heavy atom. The second-order valence-corrected chi connectivity index (χ2v) is 8.74. The summed E-state index contributed by atoms with van der Waals surface area (Å²) in [6, 6.07) is 21.4. The van der Waals surface area contributed by atoms with Crippen LogP contribution in [0.1, 0.15) is 29.3 Å². The molecule has 2 aliphatic rings. The summed E-state index contributed by atoms with van der Waals surface area (Å²) in [6.07, 6.45) is 1.14. The number of ether oxygens (including phenoxy) is 4. The third kappa shape index (κ3) is 4.50. The molecule has 0 saturated carbocycles. The predicted octanol–water partition coefficient (Wildman–Crippen LogP) is 4.34. The van der Waals surface area contributed by atoms with Crippen molar-refractivity contribution in [2.75, 3.05) is 6.61 Å². The van der Waals surface area contributed by atoms with Crippen LogP contribution in [0, 0.1) is 0 Å². The summed E-state index contributed by atoms with van der Waals surface area (Å²) >= 11 is 3.61. The Morgan fingerprint density at radius 2 is 1.31 bits per heavy atom. The molecule has 1 aromatic heterocycles. The predicted molar refractivity (Wildman–Crippen MR) is 121 cm³/mol. The molecule has 0 amide bonds. The molecule has 2 unspecified atom stereocenters. The summed E-state index contributed by atoms with van der Waals surface area (Å²) in [5.41, 5.74) is 2.80. The van der Waals surface area contributed by atoms with Gasteiger partial charge >= 0.3 is 0 Å². The van der Waals surface area contributed by atoms with Crippen molar-refractivity contribution in [1.82, 2.24) is 4.98 Å². The first-order valence-corrected chi connectivity index (χ1v) is 11.4. The van der Waals surface area contributed by atoms with Crippen LogP contribution in [0.4, 0.5) is 0 Å². The molecule has 2 fully saturated rings. The van der Waals surface area contributed by atoms with Crippen LogP contribution in [-0.2, 0) is 25.4 Å². The quantitative estimate of drug-likeness (QED) is 0.565. The van der Waals surface area contributed by atoms with Crippen LogP contribution in [0.25, 0.3) is 0 Å². The lowest BCUT2D eigenvalue weighted by atomic mass is 9.94. The SMILES string of the molecule is OC[C@H]1OC(c2ccccc2)O[C@@H]2[C@@H]1OC(c1ccccc1)O[C@@H]2Cc1cnccc1Br. The molecule has 3 heterocycles. The molecule has 6 nitrogen and oxygen atoms in total. The second kappa shape index (κ2) is 9.79. The van der Waals surface area contributed by atoms with E-state index < -0.39 is 30.9 Å². The summed E-state index contributed by atoms with van der Waals surface area (Å²) in [7, 11) is 0. The van der Waals surface area contributed by atoms with Gasteiger partial charge in [-0.3, -0.25) is 4.98 Å². The molecule has 2 saturated heterocycles. The van der Waals surface area contributed by atoms with Gasteiger partial charge in [0.1, 0.15) is 18.3 Å². The van der Waals surface area contributed by atoms with Crippen LogP contribution in [0.15, 0.2) is 83.6 Å². The van der Waals surface area contributed by atoms with Crippen LogP contribution in [0.2, 0.25) is 0 Å². The molecule has 5 rings (SSSR count). The molecule has 0 spiro atoms. The molecular weight excluding hydrogens is 474 g/mol. The lowest BCUT2D eigenvalue weighted by Crippen LogP contribution is -2.59. The number of aliphatic hydroxyl groups excluding tert-OH is 1. The Balaban J connectivity index is 1.48. The van der Waals surface area contributed by atoms with E-state index in [-0.39, 0.29) is 12.7 Å². The van der Waals surface area contributed by atoms with Crippen LogP contribution >= 0.6 is 15.9 Å². The molecule has 3 aromatic rings. The third-order valence-corrected chi connectivity index (χ3v) is 6.58. The Hall–Kier alpha value is -2.13. The van der Waals surface area contributed by atoms with Gasteiger partial charge in [0.2, 0.25) is 0 Å². The van der Waals surface area contributed by atoms with Crippen LogP contribution in [0.3, 0.4) is 0 Å². The minimum Gasteiger partial charge on any atom is -0.394 e. The van der Waals surface area contributed by atoms with Crippen molar-refractivity contribution >= 4 is 15.9 Å². The molecule has 0 bridgehead atoms. The Bertz CT molecular complexity index is 1020. The average Bonchev–Trinajstić information content (AvgIpc) is 2.86. The average molecular weight is 498 g/mol. The maximum absolute atomic E-state index is 10.2. The summed E-state index contributed by atoms with van der Waals surface area (Å²) in [6.45, 7) is -0.182. The van der Waals surface area contributed by atoms with E-state index in [1.165, 1.54) is 0 Å². The van der Waals surface area contributed by atoms with Crippen molar-refractivity contribution in [3.05, 3.63) is 100 Å². The van der Waals surface area contributed by atoms with Crippen LogP contribution in [0.5, 0.6) is 0 Å². The molecule has 2 aromatic carbocycles. The topological polar surface area (TPSA) is 70.0 Å². The maximum Gasteiger partial charge on any atom is 0.184 e. The zero-order chi connectivity index (χ0) is 21.9. The summed E-state index contributed by atoms with van der Waals surface area (Å²) in [4.78, 5) is 4.26. The number of pyridine rings is 1. The highest BCUT2D eigenvalue weighted by Gasteiger charge is 2.50. The number of hydrogen-bond donors (Lipinski definition) is 1. The maximum atomic E-state index is 10.2. The molecule has 0 radical (unpaired) electrons. The van der Waals surface area contributed by atoms with Gasteiger partial charge in [-0.05, 0) is 11.6 Å². The highest BCUT2D eigenvalue weighted by atomic mass is 79.9. The van der Waals surface area contributed by atoms with Crippen molar-refractivity contribution in [3.63, 3.8) is 0 Å². The fourth-order valence-corrected chi connectivity index (χ4v) is 4.58. The monoisotopic (exact) mass is 497 g/mol. The second-order valence-electron chi connectivity index (χ2n) is 7.89. The lowest BCUT2D eigenvalue weighted by Gasteiger charge is -2.49. The first-order valence-electron chi connectivity index (χ1n) is 10.6. The zero-order valence-electron chi connectivity index (χ0n) is 17.3. The van der Waals surface area contributed by atoms with E-state index >= 15 is 0 Å². The van der Waals surface area contributed by atoms with Crippen LogP contribution in [-0.4, -0.2) is 41.1 Å². The van der Waals surface area contributed by atoms with Gasteiger partial charge in [0.15, 0.2) is 12.6 Å². The van der Waals surface area contributed by atoms with Gasteiger partial charge in [-0.2, -0.15) is 0 Å².